The molecule has 1 aliphatic rings. The number of carbonyl (C=O) groups is 1. The van der Waals surface area contributed by atoms with Gasteiger partial charge in [0.15, 0.2) is 5.65 Å². The molecule has 1 N–H and O–H groups in total. The maximum atomic E-state index is 13.1. The predicted molar refractivity (Wildman–Crippen MR) is 97.4 cm³/mol. The highest BCUT2D eigenvalue weighted by molar-refractivity contribution is 6.06. The Morgan fingerprint density at radius 1 is 1.24 bits per heavy atom. The van der Waals surface area contributed by atoms with E-state index in [0.717, 1.165) is 35.3 Å². The first-order valence-corrected chi connectivity index (χ1v) is 8.71. The molecule has 1 aromatic carbocycles. The molecule has 0 saturated heterocycles. The van der Waals surface area contributed by atoms with E-state index < -0.39 is 0 Å². The Balaban J connectivity index is 1.72. The van der Waals surface area contributed by atoms with Crippen LogP contribution in [-0.4, -0.2) is 20.7 Å². The number of carbonyl (C=O) groups excluding carboxylic acids is 1. The molecule has 0 radical (unpaired) electrons. The van der Waals surface area contributed by atoms with Crippen LogP contribution in [0.3, 0.4) is 0 Å². The number of hydrogen-bond acceptors (Lipinski definition) is 3. The molecular formula is C20H22N4O. The molecule has 1 saturated carbocycles. The average molecular weight is 334 g/mol. The smallest absolute Gasteiger partial charge is 0.252 e. The normalized spacial score (nSPS) is 15.3. The third-order valence-electron chi connectivity index (χ3n) is 4.88. The average Bonchev–Trinajstić information content (AvgIpc) is 3.39. The van der Waals surface area contributed by atoms with Crippen LogP contribution in [0.5, 0.6) is 0 Å². The summed E-state index contributed by atoms with van der Waals surface area (Å²) in [5, 5.41) is 8.54. The summed E-state index contributed by atoms with van der Waals surface area (Å²) in [5.74, 6) is 0.479. The molecule has 1 atom stereocenters. The van der Waals surface area contributed by atoms with Gasteiger partial charge in [0.25, 0.3) is 5.91 Å². The minimum atomic E-state index is -0.0487. The number of fused-ring (bicyclic) bond motifs is 1. The fourth-order valence-electron chi connectivity index (χ4n) is 3.53. The van der Waals surface area contributed by atoms with Gasteiger partial charge in [-0.05, 0) is 44.2 Å². The summed E-state index contributed by atoms with van der Waals surface area (Å²) < 4.78 is 1.74. The van der Waals surface area contributed by atoms with Crippen molar-refractivity contribution < 1.29 is 4.79 Å². The number of nitrogens with one attached hydrogen (secondary N) is 1. The van der Waals surface area contributed by atoms with Crippen molar-refractivity contribution in [1.82, 2.24) is 20.1 Å². The van der Waals surface area contributed by atoms with E-state index in [4.69, 9.17) is 0 Å². The van der Waals surface area contributed by atoms with E-state index in [9.17, 15) is 4.79 Å². The Bertz CT molecular complexity index is 941. The molecule has 5 nitrogen and oxygen atoms in total. The second-order valence-electron chi connectivity index (χ2n) is 6.92. The Labute approximate surface area is 147 Å². The quantitative estimate of drug-likeness (QED) is 0.795. The molecule has 4 rings (SSSR count). The van der Waals surface area contributed by atoms with Crippen molar-refractivity contribution in [1.29, 1.82) is 0 Å². The van der Waals surface area contributed by atoms with E-state index >= 15 is 0 Å². The van der Waals surface area contributed by atoms with E-state index in [1.807, 2.05) is 45.2 Å². The first kappa shape index (κ1) is 15.8. The van der Waals surface area contributed by atoms with Gasteiger partial charge < -0.3 is 5.32 Å². The van der Waals surface area contributed by atoms with E-state index in [1.165, 1.54) is 5.56 Å². The van der Waals surface area contributed by atoms with Gasteiger partial charge in [0.1, 0.15) is 0 Å². The first-order chi connectivity index (χ1) is 12.0. The minimum absolute atomic E-state index is 0.0487. The topological polar surface area (TPSA) is 59.8 Å². The molecule has 1 amide bonds. The van der Waals surface area contributed by atoms with Crippen LogP contribution in [0.15, 0.2) is 36.4 Å². The molecule has 1 unspecified atom stereocenters. The highest BCUT2D eigenvalue weighted by Gasteiger charge is 2.34. The molecule has 1 fully saturated rings. The van der Waals surface area contributed by atoms with Gasteiger partial charge in [-0.2, -0.15) is 5.10 Å². The van der Waals surface area contributed by atoms with Crippen LogP contribution in [0, 0.1) is 19.8 Å². The maximum Gasteiger partial charge on any atom is 0.252 e. The Morgan fingerprint density at radius 3 is 2.64 bits per heavy atom. The summed E-state index contributed by atoms with van der Waals surface area (Å²) in [6.45, 7) is 3.83. The highest BCUT2D eigenvalue weighted by Crippen LogP contribution is 2.41. The van der Waals surface area contributed by atoms with Gasteiger partial charge in [-0.1, -0.05) is 30.3 Å². The number of nitrogens with zero attached hydrogens (tertiary/aromatic N) is 3. The van der Waals surface area contributed by atoms with Crippen molar-refractivity contribution >= 4 is 16.9 Å². The molecule has 25 heavy (non-hydrogen) atoms. The van der Waals surface area contributed by atoms with Gasteiger partial charge in [-0.25, -0.2) is 4.98 Å². The number of amides is 1. The summed E-state index contributed by atoms with van der Waals surface area (Å²) in [5.41, 5.74) is 4.24. The number of aromatic nitrogens is 3. The summed E-state index contributed by atoms with van der Waals surface area (Å²) >= 11 is 0. The minimum Gasteiger partial charge on any atom is -0.345 e. The third kappa shape index (κ3) is 2.90. The van der Waals surface area contributed by atoms with Crippen molar-refractivity contribution in [3.63, 3.8) is 0 Å². The van der Waals surface area contributed by atoms with Gasteiger partial charge in [0.2, 0.25) is 0 Å². The zero-order valence-corrected chi connectivity index (χ0v) is 14.8. The molecule has 0 aliphatic heterocycles. The van der Waals surface area contributed by atoms with Crippen LogP contribution in [0.2, 0.25) is 0 Å². The number of hydrogen-bond donors (Lipinski definition) is 1. The van der Waals surface area contributed by atoms with Crippen molar-refractivity contribution in [3.8, 4) is 0 Å². The molecule has 2 aromatic heterocycles. The molecule has 0 spiro atoms. The molecule has 2 heterocycles. The predicted octanol–water partition coefficient (Wildman–Crippen LogP) is 3.47. The number of rotatable bonds is 4. The van der Waals surface area contributed by atoms with Crippen molar-refractivity contribution in [2.45, 2.75) is 32.7 Å². The Hall–Kier alpha value is -2.69. The van der Waals surface area contributed by atoms with E-state index in [0.29, 0.717) is 11.5 Å². The fraction of sp³-hybridized carbons (Fsp3) is 0.350. The van der Waals surface area contributed by atoms with Crippen LogP contribution in [-0.2, 0) is 7.05 Å². The van der Waals surface area contributed by atoms with Crippen LogP contribution in [0.1, 0.15) is 46.2 Å². The zero-order valence-electron chi connectivity index (χ0n) is 14.8. The SMILES string of the molecule is Cc1cc(C(=O)NC(c2ccccc2)C2CC2)c2c(C)nn(C)c2n1. The second kappa shape index (κ2) is 5.99. The second-order valence-corrected chi connectivity index (χ2v) is 6.92. The van der Waals surface area contributed by atoms with Crippen molar-refractivity contribution in [2.24, 2.45) is 13.0 Å². The van der Waals surface area contributed by atoms with E-state index in [-0.39, 0.29) is 11.9 Å². The van der Waals surface area contributed by atoms with Crippen molar-refractivity contribution in [3.05, 3.63) is 58.9 Å². The third-order valence-corrected chi connectivity index (χ3v) is 4.88. The zero-order chi connectivity index (χ0) is 17.6. The van der Waals surface area contributed by atoms with Gasteiger partial charge in [-0.3, -0.25) is 9.48 Å². The Kier molecular flexibility index (Phi) is 3.79. The van der Waals surface area contributed by atoms with Crippen LogP contribution in [0.25, 0.3) is 11.0 Å². The summed E-state index contributed by atoms with van der Waals surface area (Å²) in [7, 11) is 1.86. The van der Waals surface area contributed by atoms with Gasteiger partial charge in [-0.15, -0.1) is 0 Å². The highest BCUT2D eigenvalue weighted by atomic mass is 16.1. The Morgan fingerprint density at radius 2 is 1.96 bits per heavy atom. The summed E-state index contributed by atoms with van der Waals surface area (Å²) in [6.07, 6.45) is 2.33. The number of pyridine rings is 1. The van der Waals surface area contributed by atoms with Crippen LogP contribution in [0.4, 0.5) is 0 Å². The van der Waals surface area contributed by atoms with E-state index in [1.54, 1.807) is 4.68 Å². The van der Waals surface area contributed by atoms with Gasteiger partial charge in [0.05, 0.1) is 22.7 Å². The molecule has 0 bridgehead atoms. The van der Waals surface area contributed by atoms with Crippen LogP contribution >= 0.6 is 0 Å². The molecule has 3 aromatic rings. The summed E-state index contributed by atoms with van der Waals surface area (Å²) in [6, 6.07) is 12.2. The largest absolute Gasteiger partial charge is 0.345 e. The van der Waals surface area contributed by atoms with E-state index in [2.05, 4.69) is 27.5 Å². The lowest BCUT2D eigenvalue weighted by atomic mass is 10.0. The maximum absolute atomic E-state index is 13.1. The number of aryl methyl sites for hydroxylation is 3. The lowest BCUT2D eigenvalue weighted by Crippen LogP contribution is -2.30. The van der Waals surface area contributed by atoms with Gasteiger partial charge in [0, 0.05) is 12.7 Å². The fourth-order valence-corrected chi connectivity index (χ4v) is 3.53. The van der Waals surface area contributed by atoms with Crippen molar-refractivity contribution in [2.75, 3.05) is 0 Å². The van der Waals surface area contributed by atoms with Crippen LogP contribution < -0.4 is 5.32 Å². The lowest BCUT2D eigenvalue weighted by molar-refractivity contribution is 0.0933. The standard InChI is InChI=1S/C20H22N4O/c1-12-11-16(17-13(2)23-24(3)19(17)21-12)20(25)22-18(15-9-10-15)14-7-5-4-6-8-14/h4-8,11,15,18H,9-10H2,1-3H3,(H,22,25). The molecule has 1 aliphatic carbocycles. The molecule has 128 valence electrons. The monoisotopic (exact) mass is 334 g/mol. The molecule has 5 heteroatoms. The lowest BCUT2D eigenvalue weighted by Gasteiger charge is -2.19. The number of benzene rings is 1. The first-order valence-electron chi connectivity index (χ1n) is 8.71. The molecular weight excluding hydrogens is 312 g/mol. The summed E-state index contributed by atoms with van der Waals surface area (Å²) in [4.78, 5) is 17.7. The van der Waals surface area contributed by atoms with Gasteiger partial charge >= 0.3 is 0 Å².